The van der Waals surface area contributed by atoms with Crippen LogP contribution in [-0.2, 0) is 0 Å². The standard InChI is InChI=1S/C14H10ClN5/c1-8-12(9-2-4-11(15)5-3-9)14-18-7-10(6-16)13(17)20(14)19-8/h2-5,7H,17H2,1H3. The molecular formula is C14H10ClN5. The minimum absolute atomic E-state index is 0.292. The van der Waals surface area contributed by atoms with Gasteiger partial charge in [0.2, 0.25) is 0 Å². The van der Waals surface area contributed by atoms with Crippen molar-refractivity contribution >= 4 is 23.1 Å². The second kappa shape index (κ2) is 4.51. The Hall–Kier alpha value is -2.58. The lowest BCUT2D eigenvalue weighted by atomic mass is 10.1. The summed E-state index contributed by atoms with van der Waals surface area (Å²) in [4.78, 5) is 4.30. The summed E-state index contributed by atoms with van der Waals surface area (Å²) in [6, 6.07) is 9.43. The van der Waals surface area contributed by atoms with Gasteiger partial charge >= 0.3 is 0 Å². The van der Waals surface area contributed by atoms with Gasteiger partial charge in [0.25, 0.3) is 0 Å². The van der Waals surface area contributed by atoms with Gasteiger partial charge in [-0.1, -0.05) is 23.7 Å². The molecule has 0 amide bonds. The zero-order chi connectivity index (χ0) is 14.3. The van der Waals surface area contributed by atoms with Crippen LogP contribution in [0.1, 0.15) is 11.3 Å². The van der Waals surface area contributed by atoms with Gasteiger partial charge in [0.15, 0.2) is 5.65 Å². The highest BCUT2D eigenvalue weighted by Gasteiger charge is 2.16. The van der Waals surface area contributed by atoms with Gasteiger partial charge < -0.3 is 5.73 Å². The van der Waals surface area contributed by atoms with Crippen molar-refractivity contribution in [3.8, 4) is 17.2 Å². The number of nitrogen functional groups attached to an aromatic ring is 1. The summed E-state index contributed by atoms with van der Waals surface area (Å²) in [5, 5.41) is 14.0. The van der Waals surface area contributed by atoms with Crippen molar-refractivity contribution in [2.24, 2.45) is 0 Å². The Morgan fingerprint density at radius 2 is 2.00 bits per heavy atom. The second-order valence-corrected chi connectivity index (χ2v) is 4.81. The average Bonchev–Trinajstić information content (AvgIpc) is 2.78. The Morgan fingerprint density at radius 1 is 1.30 bits per heavy atom. The van der Waals surface area contributed by atoms with Crippen molar-refractivity contribution in [3.05, 3.63) is 46.7 Å². The van der Waals surface area contributed by atoms with Crippen molar-refractivity contribution in [2.45, 2.75) is 6.92 Å². The Bertz CT molecular complexity index is 843. The molecule has 20 heavy (non-hydrogen) atoms. The molecule has 0 saturated heterocycles. The largest absolute Gasteiger partial charge is 0.382 e. The molecule has 3 aromatic rings. The molecule has 6 heteroatoms. The van der Waals surface area contributed by atoms with E-state index in [0.717, 1.165) is 16.8 Å². The summed E-state index contributed by atoms with van der Waals surface area (Å²) in [5.74, 6) is 0.292. The number of aromatic nitrogens is 3. The number of benzene rings is 1. The molecule has 0 atom stereocenters. The maximum atomic E-state index is 8.98. The van der Waals surface area contributed by atoms with Crippen LogP contribution in [-0.4, -0.2) is 14.6 Å². The first-order valence-corrected chi connectivity index (χ1v) is 6.29. The minimum atomic E-state index is 0.292. The molecule has 0 aliphatic heterocycles. The molecule has 0 aliphatic rings. The summed E-state index contributed by atoms with van der Waals surface area (Å²) in [6.45, 7) is 1.88. The van der Waals surface area contributed by atoms with E-state index in [1.807, 2.05) is 37.3 Å². The van der Waals surface area contributed by atoms with E-state index >= 15 is 0 Å². The first kappa shape index (κ1) is 12.5. The Morgan fingerprint density at radius 3 is 2.65 bits per heavy atom. The summed E-state index contributed by atoms with van der Waals surface area (Å²) in [6.07, 6.45) is 1.46. The first-order chi connectivity index (χ1) is 9.61. The number of anilines is 1. The maximum absolute atomic E-state index is 8.98. The van der Waals surface area contributed by atoms with E-state index < -0.39 is 0 Å². The third kappa shape index (κ3) is 1.78. The summed E-state index contributed by atoms with van der Waals surface area (Å²) in [5.41, 5.74) is 9.50. The molecule has 3 rings (SSSR count). The highest BCUT2D eigenvalue weighted by Crippen LogP contribution is 2.29. The van der Waals surface area contributed by atoms with Gasteiger partial charge in [-0.2, -0.15) is 14.9 Å². The molecule has 0 bridgehead atoms. The van der Waals surface area contributed by atoms with Crippen LogP contribution in [0.2, 0.25) is 5.02 Å². The summed E-state index contributed by atoms with van der Waals surface area (Å²) in [7, 11) is 0. The first-order valence-electron chi connectivity index (χ1n) is 5.91. The SMILES string of the molecule is Cc1nn2c(N)c(C#N)cnc2c1-c1ccc(Cl)cc1. The molecule has 0 saturated carbocycles. The van der Waals surface area contributed by atoms with E-state index in [2.05, 4.69) is 10.1 Å². The third-order valence-electron chi connectivity index (χ3n) is 3.11. The van der Waals surface area contributed by atoms with Crippen LogP contribution in [0, 0.1) is 18.3 Å². The monoisotopic (exact) mass is 283 g/mol. The van der Waals surface area contributed by atoms with Crippen LogP contribution in [0.3, 0.4) is 0 Å². The van der Waals surface area contributed by atoms with Gasteiger partial charge in [0, 0.05) is 10.6 Å². The maximum Gasteiger partial charge on any atom is 0.165 e. The zero-order valence-corrected chi connectivity index (χ0v) is 11.4. The molecule has 2 heterocycles. The molecular weight excluding hydrogens is 274 g/mol. The second-order valence-electron chi connectivity index (χ2n) is 4.37. The predicted molar refractivity (Wildman–Crippen MR) is 77.3 cm³/mol. The molecule has 2 aromatic heterocycles. The normalized spacial score (nSPS) is 10.7. The van der Waals surface area contributed by atoms with Gasteiger partial charge in [0.05, 0.1) is 11.9 Å². The number of hydrogen-bond donors (Lipinski definition) is 1. The van der Waals surface area contributed by atoms with E-state index in [0.29, 0.717) is 22.1 Å². The summed E-state index contributed by atoms with van der Waals surface area (Å²) < 4.78 is 1.50. The van der Waals surface area contributed by atoms with E-state index in [1.54, 1.807) is 0 Å². The molecule has 5 nitrogen and oxygen atoms in total. The van der Waals surface area contributed by atoms with Crippen LogP contribution >= 0.6 is 11.6 Å². The topological polar surface area (TPSA) is 80.0 Å². The van der Waals surface area contributed by atoms with Crippen LogP contribution in [0.25, 0.3) is 16.8 Å². The lowest BCUT2D eigenvalue weighted by Gasteiger charge is -2.02. The van der Waals surface area contributed by atoms with Crippen molar-refractivity contribution in [1.29, 1.82) is 5.26 Å². The average molecular weight is 284 g/mol. The fraction of sp³-hybridized carbons (Fsp3) is 0.0714. The molecule has 1 aromatic carbocycles. The molecule has 0 spiro atoms. The lowest BCUT2D eigenvalue weighted by molar-refractivity contribution is 0.925. The molecule has 98 valence electrons. The number of hydrogen-bond acceptors (Lipinski definition) is 4. The number of rotatable bonds is 1. The summed E-state index contributed by atoms with van der Waals surface area (Å²) >= 11 is 5.90. The van der Waals surface area contributed by atoms with Gasteiger partial charge in [-0.25, -0.2) is 4.98 Å². The number of halogens is 1. The fourth-order valence-corrected chi connectivity index (χ4v) is 2.27. The number of nitriles is 1. The van der Waals surface area contributed by atoms with E-state index in [-0.39, 0.29) is 0 Å². The van der Waals surface area contributed by atoms with E-state index in [9.17, 15) is 0 Å². The molecule has 0 fully saturated rings. The predicted octanol–water partition coefficient (Wildman–Crippen LogP) is 2.81. The Kier molecular flexibility index (Phi) is 2.81. The van der Waals surface area contributed by atoms with Gasteiger partial charge in [0.1, 0.15) is 17.5 Å². The Balaban J connectivity index is 2.32. The number of aryl methyl sites for hydroxylation is 1. The lowest BCUT2D eigenvalue weighted by Crippen LogP contribution is -2.03. The van der Waals surface area contributed by atoms with Gasteiger partial charge in [-0.15, -0.1) is 0 Å². The zero-order valence-electron chi connectivity index (χ0n) is 10.6. The smallest absolute Gasteiger partial charge is 0.165 e. The van der Waals surface area contributed by atoms with Crippen LogP contribution in [0.5, 0.6) is 0 Å². The number of nitrogens with two attached hydrogens (primary N) is 1. The van der Waals surface area contributed by atoms with Crippen molar-refractivity contribution in [2.75, 3.05) is 5.73 Å². The number of nitrogens with zero attached hydrogens (tertiary/aromatic N) is 4. The molecule has 0 unspecified atom stereocenters. The van der Waals surface area contributed by atoms with Gasteiger partial charge in [-0.3, -0.25) is 0 Å². The minimum Gasteiger partial charge on any atom is -0.382 e. The number of fused-ring (bicyclic) bond motifs is 1. The Labute approximate surface area is 120 Å². The van der Waals surface area contributed by atoms with E-state index in [4.69, 9.17) is 22.6 Å². The quantitative estimate of drug-likeness (QED) is 0.744. The van der Waals surface area contributed by atoms with Gasteiger partial charge in [-0.05, 0) is 24.6 Å². The highest BCUT2D eigenvalue weighted by molar-refractivity contribution is 6.30. The van der Waals surface area contributed by atoms with E-state index in [1.165, 1.54) is 10.7 Å². The highest BCUT2D eigenvalue weighted by atomic mass is 35.5. The molecule has 0 aliphatic carbocycles. The van der Waals surface area contributed by atoms with Crippen molar-refractivity contribution in [3.63, 3.8) is 0 Å². The molecule has 0 radical (unpaired) electrons. The molecule has 2 N–H and O–H groups in total. The van der Waals surface area contributed by atoms with Crippen LogP contribution < -0.4 is 5.73 Å². The fourth-order valence-electron chi connectivity index (χ4n) is 2.15. The third-order valence-corrected chi connectivity index (χ3v) is 3.36. The van der Waals surface area contributed by atoms with Crippen LogP contribution in [0.4, 0.5) is 5.82 Å². The van der Waals surface area contributed by atoms with Crippen molar-refractivity contribution in [1.82, 2.24) is 14.6 Å². The van der Waals surface area contributed by atoms with Crippen LogP contribution in [0.15, 0.2) is 30.5 Å². The van der Waals surface area contributed by atoms with Crippen molar-refractivity contribution < 1.29 is 0 Å².